The molecule has 1 heterocycles. The first kappa shape index (κ1) is 32.1. The highest BCUT2D eigenvalue weighted by molar-refractivity contribution is 6.35. The third kappa shape index (κ3) is 7.87. The number of nitrogens with one attached hydrogen (secondary N) is 1. The molecule has 7 nitrogen and oxygen atoms in total. The Morgan fingerprint density at radius 2 is 1.80 bits per heavy atom. The summed E-state index contributed by atoms with van der Waals surface area (Å²) in [7, 11) is 1.60. The van der Waals surface area contributed by atoms with Crippen molar-refractivity contribution < 1.29 is 24.1 Å². The van der Waals surface area contributed by atoms with Crippen LogP contribution in [0.2, 0.25) is 10.0 Å². The van der Waals surface area contributed by atoms with E-state index in [9.17, 15) is 4.79 Å². The minimum atomic E-state index is -1.37. The van der Waals surface area contributed by atoms with Gasteiger partial charge in [0.1, 0.15) is 11.5 Å². The van der Waals surface area contributed by atoms with E-state index in [2.05, 4.69) is 5.32 Å². The van der Waals surface area contributed by atoms with Crippen LogP contribution < -0.4 is 14.8 Å². The number of carbonyl (C=O) groups excluding carboxylic acids is 1. The first-order valence-electron chi connectivity index (χ1n) is 14.6. The van der Waals surface area contributed by atoms with Gasteiger partial charge in [-0.3, -0.25) is 4.79 Å². The first-order valence-corrected chi connectivity index (χ1v) is 15.4. The lowest BCUT2D eigenvalue weighted by Gasteiger charge is -2.30. The van der Waals surface area contributed by atoms with Gasteiger partial charge in [-0.05, 0) is 65.2 Å². The minimum absolute atomic E-state index is 0.0570. The number of hydrogen-bond acceptors (Lipinski definition) is 6. The zero-order valence-electron chi connectivity index (χ0n) is 24.8. The number of aliphatic hydroxyl groups is 1. The van der Waals surface area contributed by atoms with E-state index in [1.807, 2.05) is 91.0 Å². The van der Waals surface area contributed by atoms with Gasteiger partial charge in [-0.15, -0.1) is 0 Å². The molecular formula is C36H34Cl2N2O5. The standard InChI is InChI=1S/C36H34Cl2N2O5/c1-43-31-12-5-11-27(22-31)33-36(19-6-10-25-8-3-2-4-9-25,35(42)39-24-28-13-16-29(37)23-32(28)38)40-34(45-33)26-14-17-30(18-15-26)44-21-7-20-41/h2-6,8-18,22-23,33,41H,7,19-21,24H2,1H3,(H,39,42)/b10-6+/t33-,36-/m1/s1. The SMILES string of the molecule is COc1cccc([C@H]2OC(c3ccc(OCCCO)cc3)=N[C@@]2(C/C=C/c2ccccc2)C(=O)NCc2ccc(Cl)cc2Cl)c1. The molecule has 0 aliphatic carbocycles. The number of halogens is 2. The van der Waals surface area contributed by atoms with Gasteiger partial charge in [0.15, 0.2) is 11.6 Å². The zero-order valence-corrected chi connectivity index (χ0v) is 26.3. The average Bonchev–Trinajstić information content (AvgIpc) is 3.46. The third-order valence-electron chi connectivity index (χ3n) is 7.42. The molecule has 4 aromatic carbocycles. The van der Waals surface area contributed by atoms with Crippen LogP contribution in [0.15, 0.2) is 108 Å². The number of ether oxygens (including phenoxy) is 3. The number of amides is 1. The summed E-state index contributed by atoms with van der Waals surface area (Å²) >= 11 is 12.5. The average molecular weight is 646 g/mol. The molecule has 2 N–H and O–H groups in total. The molecule has 4 aromatic rings. The Labute approximate surface area is 273 Å². The fourth-order valence-corrected chi connectivity index (χ4v) is 5.53. The van der Waals surface area contributed by atoms with E-state index >= 15 is 0 Å². The molecule has 2 atom stereocenters. The van der Waals surface area contributed by atoms with E-state index in [-0.39, 0.29) is 25.5 Å². The van der Waals surface area contributed by atoms with Crippen molar-refractivity contribution in [1.29, 1.82) is 0 Å². The van der Waals surface area contributed by atoms with Crippen LogP contribution in [0.1, 0.15) is 41.2 Å². The molecule has 0 bridgehead atoms. The smallest absolute Gasteiger partial charge is 0.252 e. The van der Waals surface area contributed by atoms with Gasteiger partial charge in [-0.2, -0.15) is 0 Å². The lowest BCUT2D eigenvalue weighted by atomic mass is 9.84. The minimum Gasteiger partial charge on any atom is -0.497 e. The molecular weight excluding hydrogens is 611 g/mol. The van der Waals surface area contributed by atoms with Gasteiger partial charge in [0, 0.05) is 41.6 Å². The fraction of sp³-hybridized carbons (Fsp3) is 0.222. The molecule has 9 heteroatoms. The summed E-state index contributed by atoms with van der Waals surface area (Å²) in [4.78, 5) is 19.5. The molecule has 0 spiro atoms. The third-order valence-corrected chi connectivity index (χ3v) is 8.01. The highest BCUT2D eigenvalue weighted by atomic mass is 35.5. The summed E-state index contributed by atoms with van der Waals surface area (Å²) in [6.45, 7) is 0.635. The molecule has 0 unspecified atom stereocenters. The van der Waals surface area contributed by atoms with E-state index < -0.39 is 11.6 Å². The van der Waals surface area contributed by atoms with Crippen molar-refractivity contribution >= 4 is 41.1 Å². The maximum Gasteiger partial charge on any atom is 0.252 e. The van der Waals surface area contributed by atoms with Crippen LogP contribution in [0, 0.1) is 0 Å². The molecule has 1 aliphatic heterocycles. The van der Waals surface area contributed by atoms with Crippen LogP contribution in [0.4, 0.5) is 0 Å². The van der Waals surface area contributed by atoms with Crippen molar-refractivity contribution in [3.8, 4) is 11.5 Å². The molecule has 232 valence electrons. The van der Waals surface area contributed by atoms with Crippen molar-refractivity contribution in [3.05, 3.63) is 135 Å². The molecule has 0 aromatic heterocycles. The molecule has 0 fully saturated rings. The van der Waals surface area contributed by atoms with E-state index in [1.54, 1.807) is 25.3 Å². The Morgan fingerprint density at radius 1 is 1.00 bits per heavy atom. The Bertz CT molecular complexity index is 1660. The predicted octanol–water partition coefficient (Wildman–Crippen LogP) is 7.44. The molecule has 5 rings (SSSR count). The van der Waals surface area contributed by atoms with Gasteiger partial charge >= 0.3 is 0 Å². The lowest BCUT2D eigenvalue weighted by molar-refractivity contribution is -0.129. The maximum absolute atomic E-state index is 14.4. The quantitative estimate of drug-likeness (QED) is 0.148. The fourth-order valence-electron chi connectivity index (χ4n) is 5.05. The van der Waals surface area contributed by atoms with E-state index in [0.717, 1.165) is 16.7 Å². The van der Waals surface area contributed by atoms with Crippen LogP contribution in [-0.2, 0) is 16.1 Å². The number of nitrogens with zero attached hydrogens (tertiary/aromatic N) is 1. The van der Waals surface area contributed by atoms with Crippen LogP contribution in [-0.4, -0.2) is 42.8 Å². The van der Waals surface area contributed by atoms with Crippen LogP contribution in [0.3, 0.4) is 0 Å². The summed E-state index contributed by atoms with van der Waals surface area (Å²) < 4.78 is 17.8. The van der Waals surface area contributed by atoms with Gasteiger partial charge in [0.25, 0.3) is 5.91 Å². The van der Waals surface area contributed by atoms with Gasteiger partial charge in [-0.1, -0.05) is 83.9 Å². The van der Waals surface area contributed by atoms with E-state index in [1.165, 1.54) is 0 Å². The lowest BCUT2D eigenvalue weighted by Crippen LogP contribution is -2.47. The highest BCUT2D eigenvalue weighted by Gasteiger charge is 2.52. The summed E-state index contributed by atoms with van der Waals surface area (Å²) in [5, 5.41) is 13.1. The van der Waals surface area contributed by atoms with Crippen molar-refractivity contribution in [2.45, 2.75) is 31.0 Å². The monoisotopic (exact) mass is 644 g/mol. The number of aliphatic hydroxyl groups excluding tert-OH is 1. The maximum atomic E-state index is 14.4. The number of hydrogen-bond donors (Lipinski definition) is 2. The topological polar surface area (TPSA) is 89.4 Å². The normalized spacial score (nSPS) is 17.5. The Balaban J connectivity index is 1.54. The van der Waals surface area contributed by atoms with Crippen molar-refractivity contribution in [3.63, 3.8) is 0 Å². The number of methoxy groups -OCH3 is 1. The second kappa shape index (κ2) is 15.1. The second-order valence-corrected chi connectivity index (χ2v) is 11.3. The molecule has 1 aliphatic rings. The Morgan fingerprint density at radius 3 is 2.53 bits per heavy atom. The second-order valence-electron chi connectivity index (χ2n) is 10.5. The Kier molecular flexibility index (Phi) is 10.8. The molecule has 1 amide bonds. The highest BCUT2D eigenvalue weighted by Crippen LogP contribution is 2.44. The van der Waals surface area contributed by atoms with Crippen LogP contribution in [0.25, 0.3) is 6.08 Å². The zero-order chi connectivity index (χ0) is 31.6. The van der Waals surface area contributed by atoms with Gasteiger partial charge in [0.05, 0.1) is 13.7 Å². The van der Waals surface area contributed by atoms with Crippen molar-refractivity contribution in [2.24, 2.45) is 4.99 Å². The van der Waals surface area contributed by atoms with E-state index in [4.69, 9.17) is 47.5 Å². The number of benzene rings is 4. The van der Waals surface area contributed by atoms with Gasteiger partial charge < -0.3 is 24.6 Å². The predicted molar refractivity (Wildman–Crippen MR) is 178 cm³/mol. The van der Waals surface area contributed by atoms with Gasteiger partial charge in [0.2, 0.25) is 5.90 Å². The molecule has 0 saturated heterocycles. The van der Waals surface area contributed by atoms with Gasteiger partial charge in [-0.25, -0.2) is 4.99 Å². The summed E-state index contributed by atoms with van der Waals surface area (Å²) in [5.74, 6) is 1.30. The summed E-state index contributed by atoms with van der Waals surface area (Å²) in [6.07, 6.45) is 3.93. The number of rotatable bonds is 13. The van der Waals surface area contributed by atoms with Crippen molar-refractivity contribution in [2.75, 3.05) is 20.3 Å². The Hall–Kier alpha value is -4.30. The largest absolute Gasteiger partial charge is 0.497 e. The molecule has 45 heavy (non-hydrogen) atoms. The van der Waals surface area contributed by atoms with E-state index in [0.29, 0.717) is 46.0 Å². The first-order chi connectivity index (χ1) is 21.9. The van der Waals surface area contributed by atoms with Crippen molar-refractivity contribution in [1.82, 2.24) is 5.32 Å². The summed E-state index contributed by atoms with van der Waals surface area (Å²) in [5.41, 5.74) is 1.79. The van der Waals surface area contributed by atoms with Crippen LogP contribution in [0.5, 0.6) is 11.5 Å². The number of carbonyl (C=O) groups is 1. The number of aliphatic imine (C=N–C) groups is 1. The summed E-state index contributed by atoms with van der Waals surface area (Å²) in [6, 6.07) is 29.8. The molecule has 0 radical (unpaired) electrons. The van der Waals surface area contributed by atoms with Crippen LogP contribution >= 0.6 is 23.2 Å². The molecule has 0 saturated carbocycles.